The lowest BCUT2D eigenvalue weighted by Gasteiger charge is -2.30. The lowest BCUT2D eigenvalue weighted by Crippen LogP contribution is -2.55. The van der Waals surface area contributed by atoms with Crippen molar-refractivity contribution in [1.82, 2.24) is 15.2 Å². The summed E-state index contributed by atoms with van der Waals surface area (Å²) in [6.45, 7) is 0.845. The molecule has 2 aromatic rings. The molecule has 3 rings (SSSR count). The van der Waals surface area contributed by atoms with Gasteiger partial charge in [0, 0.05) is 24.9 Å². The fourth-order valence-corrected chi connectivity index (χ4v) is 3.50. The van der Waals surface area contributed by atoms with Gasteiger partial charge in [-0.05, 0) is 37.6 Å². The van der Waals surface area contributed by atoms with Crippen LogP contribution in [0.1, 0.15) is 32.1 Å². The lowest BCUT2D eigenvalue weighted by atomic mass is 10.0. The number of fused-ring (bicyclic) bond motifs is 1. The maximum absolute atomic E-state index is 12.6. The van der Waals surface area contributed by atoms with Gasteiger partial charge in [-0.1, -0.05) is 31.0 Å². The Balaban J connectivity index is 0.00000272. The number of aromatic nitrogens is 1. The SMILES string of the molecule is Br.Br.CN(C(=O)C[C@@H](N)CCCCCN)C1CN=C(Nc2ccc3ccccc3n2)NC1=O. The number of anilines is 1. The van der Waals surface area contributed by atoms with Gasteiger partial charge in [0.25, 0.3) is 5.91 Å². The third kappa shape index (κ3) is 8.33. The molecule has 33 heavy (non-hydrogen) atoms. The number of aliphatic imine (C=N–C) groups is 1. The van der Waals surface area contributed by atoms with Crippen molar-refractivity contribution in [2.45, 2.75) is 44.2 Å². The Kier molecular flexibility index (Phi) is 12.5. The Labute approximate surface area is 215 Å². The number of hydrogen-bond acceptors (Lipinski definition) is 7. The monoisotopic (exact) mass is 585 g/mol. The van der Waals surface area contributed by atoms with Gasteiger partial charge in [-0.25, -0.2) is 9.98 Å². The number of benzene rings is 1. The number of amides is 2. The molecular weight excluding hydrogens is 554 g/mol. The number of nitrogens with zero attached hydrogens (tertiary/aromatic N) is 3. The topological polar surface area (TPSA) is 139 Å². The Morgan fingerprint density at radius 3 is 2.70 bits per heavy atom. The van der Waals surface area contributed by atoms with Crippen molar-refractivity contribution in [1.29, 1.82) is 0 Å². The van der Waals surface area contributed by atoms with Crippen molar-refractivity contribution in [2.75, 3.05) is 25.5 Å². The van der Waals surface area contributed by atoms with Crippen molar-refractivity contribution < 1.29 is 9.59 Å². The Hall–Kier alpha value is -2.08. The number of pyridine rings is 1. The van der Waals surface area contributed by atoms with Gasteiger partial charge in [0.05, 0.1) is 12.1 Å². The van der Waals surface area contributed by atoms with Crippen LogP contribution in [0.15, 0.2) is 41.4 Å². The summed E-state index contributed by atoms with van der Waals surface area (Å²) in [4.78, 5) is 35.5. The number of guanidine groups is 1. The summed E-state index contributed by atoms with van der Waals surface area (Å²) in [6.07, 6.45) is 3.89. The van der Waals surface area contributed by atoms with Crippen molar-refractivity contribution in [3.8, 4) is 0 Å². The summed E-state index contributed by atoms with van der Waals surface area (Å²) in [6, 6.07) is 10.7. The number of para-hydroxylation sites is 1. The van der Waals surface area contributed by atoms with E-state index in [9.17, 15) is 9.59 Å². The standard InChI is InChI=1S/C22H31N7O2.2BrH/c1-29(20(30)13-16(24)8-3-2-6-12-23)18-14-25-22(28-21(18)31)27-19-11-10-15-7-4-5-9-17(15)26-19;;/h4-5,7,9-11,16,18H,2-3,6,8,12-14,23-24H2,1H3,(H2,25,26,27,28,31);2*1H/t16-,18?;;/m0../s1. The van der Waals surface area contributed by atoms with E-state index < -0.39 is 6.04 Å². The number of likely N-dealkylation sites (N-methyl/N-ethyl adjacent to an activating group) is 1. The Morgan fingerprint density at radius 1 is 1.21 bits per heavy atom. The average molecular weight is 587 g/mol. The first-order valence-electron chi connectivity index (χ1n) is 10.7. The van der Waals surface area contributed by atoms with Crippen LogP contribution in [0.5, 0.6) is 0 Å². The second-order valence-corrected chi connectivity index (χ2v) is 7.82. The second-order valence-electron chi connectivity index (χ2n) is 7.82. The summed E-state index contributed by atoms with van der Waals surface area (Å²) in [5, 5.41) is 6.78. The summed E-state index contributed by atoms with van der Waals surface area (Å²) in [7, 11) is 1.62. The fourth-order valence-electron chi connectivity index (χ4n) is 3.50. The molecule has 2 atom stereocenters. The zero-order chi connectivity index (χ0) is 22.2. The average Bonchev–Trinajstić information content (AvgIpc) is 2.76. The molecule has 1 unspecified atom stereocenters. The number of nitrogens with one attached hydrogen (secondary N) is 2. The van der Waals surface area contributed by atoms with E-state index in [1.54, 1.807) is 7.05 Å². The van der Waals surface area contributed by atoms with Gasteiger partial charge >= 0.3 is 0 Å². The van der Waals surface area contributed by atoms with E-state index in [-0.39, 0.29) is 64.8 Å². The third-order valence-electron chi connectivity index (χ3n) is 5.39. The molecular formula is C22H33Br2N7O2. The zero-order valence-corrected chi connectivity index (χ0v) is 22.1. The molecule has 11 heteroatoms. The van der Waals surface area contributed by atoms with Crippen molar-refractivity contribution in [2.24, 2.45) is 16.5 Å². The molecule has 0 fully saturated rings. The normalized spacial score (nSPS) is 16.0. The maximum atomic E-state index is 12.6. The molecule has 2 amide bonds. The fraction of sp³-hybridized carbons (Fsp3) is 0.455. The van der Waals surface area contributed by atoms with Gasteiger partial charge in [0.2, 0.25) is 11.9 Å². The molecule has 9 nitrogen and oxygen atoms in total. The number of unbranched alkanes of at least 4 members (excludes halogenated alkanes) is 2. The quantitative estimate of drug-likeness (QED) is 0.333. The first kappa shape index (κ1) is 29.0. The number of hydrogen-bond donors (Lipinski definition) is 4. The van der Waals surface area contributed by atoms with Crippen LogP contribution >= 0.6 is 34.0 Å². The predicted octanol–water partition coefficient (Wildman–Crippen LogP) is 2.35. The van der Waals surface area contributed by atoms with Crippen LogP contribution in [0.25, 0.3) is 10.9 Å². The minimum absolute atomic E-state index is 0. The van der Waals surface area contributed by atoms with Crippen molar-refractivity contribution >= 4 is 68.5 Å². The highest BCUT2D eigenvalue weighted by Gasteiger charge is 2.31. The Bertz CT molecular complexity index is 957. The predicted molar refractivity (Wildman–Crippen MR) is 143 cm³/mol. The maximum Gasteiger partial charge on any atom is 0.251 e. The van der Waals surface area contributed by atoms with Crippen LogP contribution in [-0.2, 0) is 9.59 Å². The Morgan fingerprint density at radius 2 is 1.97 bits per heavy atom. The van der Waals surface area contributed by atoms with Crippen LogP contribution in [0, 0.1) is 0 Å². The molecule has 0 radical (unpaired) electrons. The van der Waals surface area contributed by atoms with E-state index in [0.29, 0.717) is 18.3 Å². The van der Waals surface area contributed by atoms with Crippen LogP contribution in [-0.4, -0.2) is 59.9 Å². The van der Waals surface area contributed by atoms with E-state index in [1.807, 2.05) is 36.4 Å². The zero-order valence-electron chi connectivity index (χ0n) is 18.7. The first-order chi connectivity index (χ1) is 15.0. The molecule has 1 aliphatic rings. The molecule has 0 bridgehead atoms. The third-order valence-corrected chi connectivity index (χ3v) is 5.39. The summed E-state index contributed by atoms with van der Waals surface area (Å²) in [5.74, 6) is 0.461. The molecule has 1 aromatic heterocycles. The second kappa shape index (κ2) is 14.2. The van der Waals surface area contributed by atoms with Gasteiger partial charge < -0.3 is 21.7 Å². The van der Waals surface area contributed by atoms with Gasteiger partial charge in [0.1, 0.15) is 11.9 Å². The number of rotatable bonds is 9. The van der Waals surface area contributed by atoms with Gasteiger partial charge in [-0.15, -0.1) is 34.0 Å². The molecule has 0 saturated heterocycles. The number of halogens is 2. The first-order valence-corrected chi connectivity index (χ1v) is 10.7. The van der Waals surface area contributed by atoms with Crippen molar-refractivity contribution in [3.63, 3.8) is 0 Å². The molecule has 2 heterocycles. The highest BCUT2D eigenvalue weighted by Crippen LogP contribution is 2.15. The van der Waals surface area contributed by atoms with Gasteiger partial charge in [-0.3, -0.25) is 14.9 Å². The van der Waals surface area contributed by atoms with E-state index in [1.165, 1.54) is 4.90 Å². The van der Waals surface area contributed by atoms with Crippen LogP contribution in [0.4, 0.5) is 5.82 Å². The van der Waals surface area contributed by atoms with Gasteiger partial charge in [-0.2, -0.15) is 0 Å². The lowest BCUT2D eigenvalue weighted by molar-refractivity contribution is -0.138. The van der Waals surface area contributed by atoms with Crippen LogP contribution in [0.2, 0.25) is 0 Å². The smallest absolute Gasteiger partial charge is 0.251 e. The molecule has 1 aliphatic heterocycles. The largest absolute Gasteiger partial charge is 0.332 e. The number of carbonyl (C=O) groups is 2. The summed E-state index contributed by atoms with van der Waals surface area (Å²) in [5.41, 5.74) is 12.4. The highest BCUT2D eigenvalue weighted by molar-refractivity contribution is 8.93. The molecule has 1 aromatic carbocycles. The number of nitrogens with two attached hydrogens (primary N) is 2. The molecule has 0 aliphatic carbocycles. The van der Waals surface area contributed by atoms with Crippen molar-refractivity contribution in [3.05, 3.63) is 36.4 Å². The van der Waals surface area contributed by atoms with Crippen LogP contribution in [0.3, 0.4) is 0 Å². The van der Waals surface area contributed by atoms with E-state index in [4.69, 9.17) is 11.5 Å². The summed E-state index contributed by atoms with van der Waals surface area (Å²) < 4.78 is 0. The van der Waals surface area contributed by atoms with E-state index in [0.717, 1.165) is 36.6 Å². The summed E-state index contributed by atoms with van der Waals surface area (Å²) >= 11 is 0. The minimum Gasteiger partial charge on any atom is -0.332 e. The van der Waals surface area contributed by atoms with Gasteiger partial charge in [0.15, 0.2) is 0 Å². The molecule has 182 valence electrons. The minimum atomic E-state index is -0.660. The highest BCUT2D eigenvalue weighted by atomic mass is 79.9. The van der Waals surface area contributed by atoms with E-state index >= 15 is 0 Å². The molecule has 6 N–H and O–H groups in total. The van der Waals surface area contributed by atoms with Crippen LogP contribution < -0.4 is 22.1 Å². The number of carbonyl (C=O) groups excluding carboxylic acids is 2. The van der Waals surface area contributed by atoms with E-state index in [2.05, 4.69) is 20.6 Å². The molecule has 0 spiro atoms. The molecule has 0 saturated carbocycles.